The smallest absolute Gasteiger partial charge is 0.258 e. The van der Waals surface area contributed by atoms with Gasteiger partial charge in [-0.15, -0.1) is 0 Å². The summed E-state index contributed by atoms with van der Waals surface area (Å²) in [4.78, 5) is 31.8. The predicted molar refractivity (Wildman–Crippen MR) is 158 cm³/mol. The maximum Gasteiger partial charge on any atom is 0.258 e. The number of nitrogens with zero attached hydrogens (tertiary/aromatic N) is 2. The van der Waals surface area contributed by atoms with Gasteiger partial charge in [0.25, 0.3) is 11.5 Å². The molecule has 2 aromatic carbocycles. The summed E-state index contributed by atoms with van der Waals surface area (Å²) in [5.74, 6) is 0.501. The second kappa shape index (κ2) is 11.8. The third-order valence-electron chi connectivity index (χ3n) is 7.71. The van der Waals surface area contributed by atoms with Crippen molar-refractivity contribution < 1.29 is 4.79 Å². The number of nitrogens with one attached hydrogen (secondary N) is 4. The average Bonchev–Trinajstić information content (AvgIpc) is 3.62. The number of aromatic nitrogens is 4. The van der Waals surface area contributed by atoms with Crippen LogP contribution < -0.4 is 16.2 Å². The Balaban J connectivity index is 1.13. The van der Waals surface area contributed by atoms with Crippen LogP contribution in [0.3, 0.4) is 0 Å². The van der Waals surface area contributed by atoms with Crippen molar-refractivity contribution in [1.82, 2.24) is 25.1 Å². The summed E-state index contributed by atoms with van der Waals surface area (Å²) in [7, 11) is 0. The van der Waals surface area contributed by atoms with Crippen molar-refractivity contribution in [2.75, 3.05) is 11.9 Å². The largest absolute Gasteiger partial charge is 0.354 e. The molecule has 4 N–H and O–H groups in total. The minimum absolute atomic E-state index is 0.227. The molecule has 0 atom stereocenters. The van der Waals surface area contributed by atoms with Gasteiger partial charge in [-0.05, 0) is 60.7 Å². The molecule has 40 heavy (non-hydrogen) atoms. The number of anilines is 1. The third-order valence-corrected chi connectivity index (χ3v) is 7.71. The van der Waals surface area contributed by atoms with Crippen molar-refractivity contribution >= 4 is 22.5 Å². The summed E-state index contributed by atoms with van der Waals surface area (Å²) in [6.45, 7) is 2.48. The first-order valence-corrected chi connectivity index (χ1v) is 14.0. The number of amides is 1. The van der Waals surface area contributed by atoms with Gasteiger partial charge in [-0.25, -0.2) is 0 Å². The Hall–Kier alpha value is -4.43. The minimum Gasteiger partial charge on any atom is -0.354 e. The zero-order valence-electron chi connectivity index (χ0n) is 22.5. The van der Waals surface area contributed by atoms with Gasteiger partial charge in [0.1, 0.15) is 0 Å². The highest BCUT2D eigenvalue weighted by Gasteiger charge is 2.14. The molecule has 3 heterocycles. The molecule has 1 fully saturated rings. The van der Waals surface area contributed by atoms with E-state index in [2.05, 4.69) is 43.9 Å². The van der Waals surface area contributed by atoms with Gasteiger partial charge in [-0.3, -0.25) is 14.3 Å². The molecule has 6 rings (SSSR count). The van der Waals surface area contributed by atoms with Crippen LogP contribution in [0.4, 0.5) is 5.69 Å². The molecule has 5 aromatic rings. The van der Waals surface area contributed by atoms with E-state index in [0.717, 1.165) is 35.5 Å². The van der Waals surface area contributed by atoms with Crippen LogP contribution in [0.2, 0.25) is 0 Å². The Morgan fingerprint density at radius 2 is 1.85 bits per heavy atom. The van der Waals surface area contributed by atoms with Crippen LogP contribution >= 0.6 is 0 Å². The third kappa shape index (κ3) is 6.07. The van der Waals surface area contributed by atoms with Crippen LogP contribution in [-0.4, -0.2) is 32.2 Å². The number of pyridine rings is 1. The molecule has 0 aliphatic heterocycles. The number of fused-ring (bicyclic) bond motifs is 1. The maximum atomic E-state index is 12.9. The lowest BCUT2D eigenvalue weighted by Gasteiger charge is -2.21. The number of hydrogen-bond donors (Lipinski definition) is 4. The zero-order valence-corrected chi connectivity index (χ0v) is 22.5. The number of hydrogen-bond acceptors (Lipinski definition) is 4. The number of H-pyrrole nitrogens is 2. The van der Waals surface area contributed by atoms with Crippen molar-refractivity contribution in [1.29, 1.82) is 0 Å². The van der Waals surface area contributed by atoms with Crippen LogP contribution in [0.25, 0.3) is 22.2 Å². The fourth-order valence-corrected chi connectivity index (χ4v) is 5.55. The normalized spacial score (nSPS) is 14.0. The second-order valence-electron chi connectivity index (χ2n) is 10.7. The van der Waals surface area contributed by atoms with Gasteiger partial charge < -0.3 is 20.6 Å². The van der Waals surface area contributed by atoms with Crippen molar-refractivity contribution in [3.05, 3.63) is 106 Å². The van der Waals surface area contributed by atoms with Crippen LogP contribution in [0.15, 0.2) is 84.0 Å². The summed E-state index contributed by atoms with van der Waals surface area (Å²) in [6.07, 6.45) is 11.5. The van der Waals surface area contributed by atoms with E-state index in [1.165, 1.54) is 43.9 Å². The van der Waals surface area contributed by atoms with E-state index < -0.39 is 0 Å². The molecule has 0 unspecified atom stereocenters. The molecule has 1 aliphatic carbocycles. The highest BCUT2D eigenvalue weighted by atomic mass is 16.1. The topological polar surface area (TPSA) is 108 Å². The Bertz CT molecular complexity index is 1660. The van der Waals surface area contributed by atoms with Crippen molar-refractivity contribution in [3.8, 4) is 11.3 Å². The van der Waals surface area contributed by atoms with Crippen LogP contribution in [0.5, 0.6) is 0 Å². The molecule has 1 aliphatic rings. The summed E-state index contributed by atoms with van der Waals surface area (Å²) < 4.78 is 1.73. The first-order chi connectivity index (χ1) is 19.6. The summed E-state index contributed by atoms with van der Waals surface area (Å²) >= 11 is 0. The standard InChI is InChI=1S/C32H34N6O2/c39-31(26-18-35-38(21-26)20-23-9-5-2-6-10-23)36-27-15-28(32(40)34-19-27)30-14-25-13-24(11-12-29(25)37-30)17-33-16-22-7-3-1-4-8-22/h2,5-6,9-15,18-19,21-22,33,37H,1,3-4,7-8,16-17,20H2,(H,34,40)(H,36,39). The quantitative estimate of drug-likeness (QED) is 0.195. The second-order valence-corrected chi connectivity index (χ2v) is 10.7. The lowest BCUT2D eigenvalue weighted by molar-refractivity contribution is 0.102. The van der Waals surface area contributed by atoms with Crippen LogP contribution in [-0.2, 0) is 13.1 Å². The minimum atomic E-state index is -0.292. The lowest BCUT2D eigenvalue weighted by atomic mass is 9.89. The van der Waals surface area contributed by atoms with Crippen molar-refractivity contribution in [3.63, 3.8) is 0 Å². The lowest BCUT2D eigenvalue weighted by Crippen LogP contribution is -2.24. The number of rotatable bonds is 9. The molecular formula is C32H34N6O2. The highest BCUT2D eigenvalue weighted by Crippen LogP contribution is 2.25. The average molecular weight is 535 g/mol. The molecule has 8 nitrogen and oxygen atoms in total. The SMILES string of the molecule is O=C(Nc1c[nH]c(=O)c(-c2cc3cc(CNCC4CCCCC4)ccc3[nH]2)c1)c1cnn(Cc2ccccc2)c1. The van der Waals surface area contributed by atoms with Gasteiger partial charge in [0.2, 0.25) is 0 Å². The molecule has 1 amide bonds. The van der Waals surface area contributed by atoms with Gasteiger partial charge in [-0.2, -0.15) is 5.10 Å². The molecule has 3 aromatic heterocycles. The van der Waals surface area contributed by atoms with E-state index in [9.17, 15) is 9.59 Å². The number of aromatic amines is 2. The van der Waals surface area contributed by atoms with Crippen molar-refractivity contribution in [2.45, 2.75) is 45.2 Å². The Morgan fingerprint density at radius 3 is 2.70 bits per heavy atom. The summed E-state index contributed by atoms with van der Waals surface area (Å²) in [6, 6.07) is 20.0. The molecule has 0 saturated heterocycles. The van der Waals surface area contributed by atoms with E-state index in [4.69, 9.17) is 0 Å². The van der Waals surface area contributed by atoms with Crippen molar-refractivity contribution in [2.24, 2.45) is 5.92 Å². The Morgan fingerprint density at radius 1 is 1.00 bits per heavy atom. The highest BCUT2D eigenvalue weighted by molar-refractivity contribution is 6.04. The van der Waals surface area contributed by atoms with Crippen LogP contribution in [0.1, 0.15) is 53.6 Å². The van der Waals surface area contributed by atoms with E-state index in [1.54, 1.807) is 23.1 Å². The fourth-order valence-electron chi connectivity index (χ4n) is 5.55. The molecule has 0 spiro atoms. The van der Waals surface area contributed by atoms with Crippen LogP contribution in [0, 0.1) is 5.92 Å². The van der Waals surface area contributed by atoms with Gasteiger partial charge >= 0.3 is 0 Å². The van der Waals surface area contributed by atoms with Gasteiger partial charge in [0, 0.05) is 29.8 Å². The Kier molecular flexibility index (Phi) is 7.59. The number of carbonyl (C=O) groups is 1. The monoisotopic (exact) mass is 534 g/mol. The Labute approximate surface area is 232 Å². The fraction of sp³-hybridized carbons (Fsp3) is 0.281. The first-order valence-electron chi connectivity index (χ1n) is 14.0. The maximum absolute atomic E-state index is 12.9. The molecule has 8 heteroatoms. The number of carbonyl (C=O) groups excluding carboxylic acids is 1. The summed E-state index contributed by atoms with van der Waals surface area (Å²) in [5.41, 5.74) is 5.17. The predicted octanol–water partition coefficient (Wildman–Crippen LogP) is 5.69. The van der Waals surface area contributed by atoms with E-state index in [-0.39, 0.29) is 11.5 Å². The summed E-state index contributed by atoms with van der Waals surface area (Å²) in [5, 5.41) is 11.9. The molecule has 1 saturated carbocycles. The van der Waals surface area contributed by atoms with E-state index in [0.29, 0.717) is 29.1 Å². The molecule has 204 valence electrons. The van der Waals surface area contributed by atoms with E-state index >= 15 is 0 Å². The number of benzene rings is 2. The first kappa shape index (κ1) is 25.8. The van der Waals surface area contributed by atoms with E-state index in [1.807, 2.05) is 36.4 Å². The molecular weight excluding hydrogens is 500 g/mol. The van der Waals surface area contributed by atoms with Gasteiger partial charge in [0.15, 0.2) is 0 Å². The van der Waals surface area contributed by atoms with Gasteiger partial charge in [-0.1, -0.05) is 55.7 Å². The molecule has 0 bridgehead atoms. The molecule has 0 radical (unpaired) electrons. The zero-order chi connectivity index (χ0) is 27.3. The van der Waals surface area contributed by atoms with Gasteiger partial charge in [0.05, 0.1) is 35.2 Å².